The molecular weight excluding hydrogens is 1130 g/mol. The van der Waals surface area contributed by atoms with Crippen molar-refractivity contribution >= 4 is 106 Å². The third-order valence-corrected chi connectivity index (χ3v) is 25.5. The normalized spacial score (nSPS) is 17.6. The van der Waals surface area contributed by atoms with E-state index in [2.05, 4.69) is 317 Å². The average molecular weight is 1210 g/mol. The minimum atomic E-state index is -1.96. The largest absolute Gasteiger partial charge is 0.456 e. The summed E-state index contributed by atoms with van der Waals surface area (Å²) in [5.74, 6) is 0. The molecule has 1 atom stereocenters. The van der Waals surface area contributed by atoms with Gasteiger partial charge in [0.1, 0.15) is 11.2 Å². The molecule has 1 aliphatic carbocycles. The van der Waals surface area contributed by atoms with Crippen LogP contribution in [0.4, 0.5) is 51.2 Å². The number of hydrogen-bond donors (Lipinski definition) is 0. The molecule has 454 valence electrons. The van der Waals surface area contributed by atoms with Crippen LogP contribution in [0.25, 0.3) is 55.3 Å². The van der Waals surface area contributed by atoms with Crippen LogP contribution >= 0.6 is 10.0 Å². The minimum absolute atomic E-state index is 0.0333. The van der Waals surface area contributed by atoms with E-state index in [1.165, 1.54) is 132 Å². The van der Waals surface area contributed by atoms with E-state index in [0.29, 0.717) is 0 Å². The van der Waals surface area contributed by atoms with Gasteiger partial charge in [0.15, 0.2) is 0 Å². The zero-order valence-electron chi connectivity index (χ0n) is 55.8. The molecule has 0 amide bonds. The lowest BCUT2D eigenvalue weighted by molar-refractivity contribution is 0.332. The predicted octanol–water partition coefficient (Wildman–Crippen LogP) is 22.5. The molecule has 2 bridgehead atoms. The maximum absolute atomic E-state index is 6.62. The molecule has 0 spiro atoms. The lowest BCUT2D eigenvalue weighted by atomic mass is 9.33. The van der Waals surface area contributed by atoms with Crippen molar-refractivity contribution in [2.45, 2.75) is 139 Å². The van der Waals surface area contributed by atoms with Gasteiger partial charge in [-0.1, -0.05) is 184 Å². The summed E-state index contributed by atoms with van der Waals surface area (Å²) < 4.78 is 6.62. The van der Waals surface area contributed by atoms with Gasteiger partial charge in [0.05, 0.1) is 11.4 Å². The Bertz CT molecular complexity index is 5170. The van der Waals surface area contributed by atoms with Crippen molar-refractivity contribution in [3.8, 4) is 33.4 Å². The first-order valence-electron chi connectivity index (χ1n) is 33.2. The number of fused-ring (bicyclic) bond motifs is 11. The fraction of sp³-hybridized carbons (Fsp3) is 0.233. The van der Waals surface area contributed by atoms with Crippen molar-refractivity contribution in [3.63, 3.8) is 0 Å². The molecule has 0 N–H and O–H groups in total. The maximum atomic E-state index is 6.62. The molecule has 6 heteroatoms. The van der Waals surface area contributed by atoms with E-state index in [4.69, 9.17) is 4.42 Å². The lowest BCUT2D eigenvalue weighted by Crippen LogP contribution is -2.62. The highest BCUT2D eigenvalue weighted by Gasteiger charge is 2.52. The Morgan fingerprint density at radius 3 is 1.86 bits per heavy atom. The smallest absolute Gasteiger partial charge is 0.253 e. The molecule has 4 nitrogen and oxygen atoms in total. The van der Waals surface area contributed by atoms with Gasteiger partial charge in [0.25, 0.3) is 6.71 Å². The number of rotatable bonds is 6. The molecule has 5 heterocycles. The van der Waals surface area contributed by atoms with Crippen LogP contribution in [0.1, 0.15) is 121 Å². The Labute approximate surface area is 546 Å². The highest BCUT2D eigenvalue weighted by Crippen LogP contribution is 2.76. The first-order chi connectivity index (χ1) is 44.0. The second-order valence-electron chi connectivity index (χ2n) is 30.7. The van der Waals surface area contributed by atoms with Gasteiger partial charge in [-0.05, 0) is 236 Å². The molecule has 1 unspecified atom stereocenters. The topological polar surface area (TPSA) is 22.9 Å². The molecule has 5 aliphatic rings. The van der Waals surface area contributed by atoms with Crippen LogP contribution in [0.2, 0.25) is 0 Å². The molecule has 4 aliphatic heterocycles. The fourth-order valence-electron chi connectivity index (χ4n) is 16.9. The Kier molecular flexibility index (Phi) is 12.1. The van der Waals surface area contributed by atoms with E-state index in [1.54, 1.807) is 0 Å². The molecule has 0 radical (unpaired) electrons. The molecule has 1 aromatic heterocycles. The Morgan fingerprint density at radius 2 is 1.10 bits per heavy atom. The molecule has 0 fully saturated rings. The quantitative estimate of drug-likeness (QED) is 0.155. The van der Waals surface area contributed by atoms with Crippen LogP contribution in [0.15, 0.2) is 225 Å². The second kappa shape index (κ2) is 19.5. The number of benzene rings is 11. The molecule has 0 saturated heterocycles. The predicted molar refractivity (Wildman–Crippen MR) is 394 cm³/mol. The van der Waals surface area contributed by atoms with Gasteiger partial charge in [-0.15, -0.1) is 0 Å². The summed E-state index contributed by atoms with van der Waals surface area (Å²) in [6, 6.07) is 80.8. The molecule has 17 rings (SSSR count). The van der Waals surface area contributed by atoms with Gasteiger partial charge in [-0.2, -0.15) is 10.0 Å². The Morgan fingerprint density at radius 1 is 0.446 bits per heavy atom. The van der Waals surface area contributed by atoms with Crippen LogP contribution in [0.3, 0.4) is 0 Å². The minimum Gasteiger partial charge on any atom is -0.456 e. The van der Waals surface area contributed by atoms with Crippen LogP contribution in [-0.4, -0.2) is 13.0 Å². The monoisotopic (exact) mass is 1210 g/mol. The lowest BCUT2D eigenvalue weighted by Gasteiger charge is -2.48. The number of nitrogens with zero attached hydrogens (tertiary/aromatic N) is 3. The zero-order chi connectivity index (χ0) is 63.4. The van der Waals surface area contributed by atoms with E-state index in [-0.39, 0.29) is 28.4 Å². The summed E-state index contributed by atoms with van der Waals surface area (Å²) in [6.07, 6.45) is 4.93. The number of aryl methyl sites for hydroxylation is 3. The third kappa shape index (κ3) is 8.17. The molecule has 0 saturated carbocycles. The fourth-order valence-corrected chi connectivity index (χ4v) is 20.9. The van der Waals surface area contributed by atoms with E-state index in [9.17, 15) is 0 Å². The molecule has 12 aromatic rings. The zero-order valence-corrected chi connectivity index (χ0v) is 56.6. The number of para-hydroxylation sites is 1. The van der Waals surface area contributed by atoms with E-state index in [0.717, 1.165) is 57.5 Å². The van der Waals surface area contributed by atoms with Gasteiger partial charge in [0, 0.05) is 70.8 Å². The number of hydrogen-bond acceptors (Lipinski definition) is 4. The van der Waals surface area contributed by atoms with Crippen molar-refractivity contribution in [2.24, 2.45) is 0 Å². The molecule has 11 aromatic carbocycles. The summed E-state index contributed by atoms with van der Waals surface area (Å²) >= 11 is 0. The summed E-state index contributed by atoms with van der Waals surface area (Å²) in [7, 11) is -1.96. The SMILES string of the molecule is Cc1cc(C)c2c(c1)S1(C)c3ccccc3-c3ccc4c(c31)B1c3cc-2ccc3N(c2cc3c(cc2C)C(C)(C)CCC3(C)C)c2cc(N(c3cccc(C(C)(C)C)c3)c3ccc5oc6ccccc6c5c3)cc(c21)N4c1ccc(C(C)(C)C)cc1-c1ccccc1. The van der Waals surface area contributed by atoms with Gasteiger partial charge in [-0.25, -0.2) is 0 Å². The molecule has 92 heavy (non-hydrogen) atoms. The van der Waals surface area contributed by atoms with Crippen LogP contribution in [0.5, 0.6) is 0 Å². The first kappa shape index (κ1) is 57.0. The Balaban J connectivity index is 1.07. The number of furan rings is 1. The van der Waals surface area contributed by atoms with Crippen LogP contribution in [0, 0.1) is 20.8 Å². The number of anilines is 9. The second-order valence-corrected chi connectivity index (χ2v) is 33.9. The summed E-state index contributed by atoms with van der Waals surface area (Å²) in [4.78, 5) is 12.4. The van der Waals surface area contributed by atoms with Crippen molar-refractivity contribution in [3.05, 3.63) is 245 Å². The van der Waals surface area contributed by atoms with Gasteiger partial charge >= 0.3 is 0 Å². The summed E-state index contributed by atoms with van der Waals surface area (Å²) in [5.41, 5.74) is 33.3. The standard InChI is InChI=1S/C86H80BN3OS/c1-51-41-53(3)79-55-31-35-70-68(44-55)87-80-73(89(69-36-32-57(84(7,8)9)46-64(69)54-23-16-15-17-24-54)71-37-34-63-62-28-19-21-30-77(62)92(14,78(79)42-51)82(63)81(71)87)48-60(49-74(80)90(70)72-50-67-66(43-52(72)2)85(10,11)39-40-86(67,12)13)88(58-26-22-25-56(45-58)83(4,5)6)59-33-38-76-65(47-59)61-27-18-20-29-75(61)91-76/h15-38,41-50H,39-40H2,1-14H3. The van der Waals surface area contributed by atoms with E-state index < -0.39 is 10.0 Å². The van der Waals surface area contributed by atoms with Gasteiger partial charge < -0.3 is 19.1 Å². The van der Waals surface area contributed by atoms with Crippen molar-refractivity contribution in [2.75, 3.05) is 21.0 Å². The summed E-state index contributed by atoms with van der Waals surface area (Å²) in [5, 5.41) is 2.20. The average Bonchev–Trinajstić information content (AvgIpc) is 1.37. The van der Waals surface area contributed by atoms with Crippen molar-refractivity contribution in [1.82, 2.24) is 0 Å². The van der Waals surface area contributed by atoms with Crippen molar-refractivity contribution < 1.29 is 4.42 Å². The highest BCUT2D eigenvalue weighted by molar-refractivity contribution is 8.34. The third-order valence-electron chi connectivity index (χ3n) is 21.8. The van der Waals surface area contributed by atoms with E-state index >= 15 is 0 Å². The molecular formula is C86H80BN3OS. The summed E-state index contributed by atoms with van der Waals surface area (Å²) in [6.45, 7) is 30.9. The highest BCUT2D eigenvalue weighted by atomic mass is 32.3. The van der Waals surface area contributed by atoms with Crippen LogP contribution in [-0.2, 0) is 21.7 Å². The maximum Gasteiger partial charge on any atom is 0.253 e. The van der Waals surface area contributed by atoms with Crippen LogP contribution < -0.4 is 31.1 Å². The van der Waals surface area contributed by atoms with Gasteiger partial charge in [0.2, 0.25) is 0 Å². The van der Waals surface area contributed by atoms with E-state index in [1.807, 2.05) is 0 Å². The Hall–Kier alpha value is -8.97. The van der Waals surface area contributed by atoms with Crippen molar-refractivity contribution in [1.29, 1.82) is 0 Å². The van der Waals surface area contributed by atoms with Gasteiger partial charge in [-0.3, -0.25) is 0 Å². The first-order valence-corrected chi connectivity index (χ1v) is 35.3.